The van der Waals surface area contributed by atoms with E-state index in [0.717, 1.165) is 16.0 Å². The Morgan fingerprint density at radius 1 is 1.38 bits per heavy atom. The number of nitrogens with zero attached hydrogens (tertiary/aromatic N) is 3. The van der Waals surface area contributed by atoms with Crippen LogP contribution in [0.2, 0.25) is 0 Å². The number of halogens is 1. The molecule has 2 aromatic heterocycles. The van der Waals surface area contributed by atoms with E-state index in [9.17, 15) is 0 Å². The molecule has 2 heterocycles. The molecule has 0 saturated carbocycles. The molecule has 4 nitrogen and oxygen atoms in total. The average Bonchev–Trinajstić information content (AvgIpc) is 2.58. The summed E-state index contributed by atoms with van der Waals surface area (Å²) in [6, 6.07) is 5.65. The zero-order valence-corrected chi connectivity index (χ0v) is 10.8. The molecule has 0 aliphatic carbocycles. The molecule has 0 amide bonds. The van der Waals surface area contributed by atoms with E-state index in [1.165, 1.54) is 0 Å². The number of aromatic nitrogens is 3. The van der Waals surface area contributed by atoms with Gasteiger partial charge < -0.3 is 5.73 Å². The smallest absolute Gasteiger partial charge is 0.155 e. The van der Waals surface area contributed by atoms with Gasteiger partial charge in [-0.25, -0.2) is 4.98 Å². The van der Waals surface area contributed by atoms with E-state index < -0.39 is 0 Å². The molecule has 0 atom stereocenters. The number of pyridine rings is 1. The van der Waals surface area contributed by atoms with Crippen molar-refractivity contribution < 1.29 is 0 Å². The normalized spacial score (nSPS) is 11.0. The summed E-state index contributed by atoms with van der Waals surface area (Å²) in [5, 5.41) is 4.46. The first-order valence-electron chi connectivity index (χ1n) is 5.06. The molecule has 2 N–H and O–H groups in total. The van der Waals surface area contributed by atoms with E-state index in [4.69, 9.17) is 5.73 Å². The topological polar surface area (TPSA) is 56.7 Å². The molecule has 0 saturated heterocycles. The zero-order chi connectivity index (χ0) is 11.7. The van der Waals surface area contributed by atoms with Gasteiger partial charge in [0.2, 0.25) is 0 Å². The fourth-order valence-electron chi connectivity index (χ4n) is 1.45. The van der Waals surface area contributed by atoms with E-state index in [1.807, 2.05) is 18.2 Å². The van der Waals surface area contributed by atoms with Crippen LogP contribution in [0, 0.1) is 0 Å². The Hall–Kier alpha value is -1.36. The van der Waals surface area contributed by atoms with Crippen LogP contribution in [0.25, 0.3) is 5.82 Å². The lowest BCUT2D eigenvalue weighted by atomic mass is 10.1. The summed E-state index contributed by atoms with van der Waals surface area (Å²) in [6.45, 7) is 4.16. The van der Waals surface area contributed by atoms with Crippen molar-refractivity contribution in [2.75, 3.05) is 5.73 Å². The number of hydrogen-bond acceptors (Lipinski definition) is 3. The summed E-state index contributed by atoms with van der Waals surface area (Å²) in [5.74, 6) is 1.64. The Morgan fingerprint density at radius 3 is 2.62 bits per heavy atom. The lowest BCUT2D eigenvalue weighted by molar-refractivity contribution is 0.759. The van der Waals surface area contributed by atoms with Crippen LogP contribution in [-0.4, -0.2) is 14.8 Å². The second-order valence-electron chi connectivity index (χ2n) is 3.84. The first-order valence-corrected chi connectivity index (χ1v) is 5.86. The Labute approximate surface area is 103 Å². The third-order valence-electron chi connectivity index (χ3n) is 2.30. The Bertz CT molecular complexity index is 490. The Balaban J connectivity index is 2.55. The van der Waals surface area contributed by atoms with Crippen LogP contribution in [0.3, 0.4) is 0 Å². The fourth-order valence-corrected chi connectivity index (χ4v) is 2.16. The highest BCUT2D eigenvalue weighted by Crippen LogP contribution is 2.30. The molecular weight excluding hydrogens is 268 g/mol. The van der Waals surface area contributed by atoms with E-state index in [2.05, 4.69) is 39.9 Å². The molecule has 0 aliphatic heterocycles. The van der Waals surface area contributed by atoms with Crippen molar-refractivity contribution in [3.63, 3.8) is 0 Å². The molecule has 0 unspecified atom stereocenters. The molecule has 2 rings (SSSR count). The number of nitrogens with two attached hydrogens (primary N) is 1. The van der Waals surface area contributed by atoms with E-state index in [1.54, 1.807) is 10.9 Å². The molecule has 0 bridgehead atoms. The minimum atomic E-state index is 0.321. The summed E-state index contributed by atoms with van der Waals surface area (Å²) in [4.78, 5) is 4.22. The standard InChI is InChI=1S/C11H13BrN4/c1-7(2)10-9(12)11(13)16(15-10)8-5-3-4-6-14-8/h3-7H,13H2,1-2H3. The minimum Gasteiger partial charge on any atom is -0.383 e. The van der Waals surface area contributed by atoms with Gasteiger partial charge in [-0.2, -0.15) is 9.78 Å². The monoisotopic (exact) mass is 280 g/mol. The van der Waals surface area contributed by atoms with Gasteiger partial charge in [0, 0.05) is 6.20 Å². The van der Waals surface area contributed by atoms with Crippen molar-refractivity contribution in [3.05, 3.63) is 34.6 Å². The Kier molecular flexibility index (Phi) is 2.96. The number of anilines is 1. The second-order valence-corrected chi connectivity index (χ2v) is 4.63. The van der Waals surface area contributed by atoms with Gasteiger partial charge in [0.25, 0.3) is 0 Å². The highest BCUT2D eigenvalue weighted by molar-refractivity contribution is 9.10. The maximum Gasteiger partial charge on any atom is 0.155 e. The van der Waals surface area contributed by atoms with Crippen LogP contribution < -0.4 is 5.73 Å². The summed E-state index contributed by atoms with van der Waals surface area (Å²) >= 11 is 3.46. The number of hydrogen-bond donors (Lipinski definition) is 1. The van der Waals surface area contributed by atoms with Crippen LogP contribution in [0.15, 0.2) is 28.9 Å². The summed E-state index contributed by atoms with van der Waals surface area (Å²) in [5.41, 5.74) is 6.93. The quantitative estimate of drug-likeness (QED) is 0.920. The summed E-state index contributed by atoms with van der Waals surface area (Å²) in [6.07, 6.45) is 1.72. The molecule has 0 aromatic carbocycles. The van der Waals surface area contributed by atoms with Gasteiger partial charge in [-0.1, -0.05) is 19.9 Å². The van der Waals surface area contributed by atoms with Crippen molar-refractivity contribution in [2.24, 2.45) is 0 Å². The SMILES string of the molecule is CC(C)c1nn(-c2ccccn2)c(N)c1Br. The highest BCUT2D eigenvalue weighted by Gasteiger charge is 2.16. The van der Waals surface area contributed by atoms with Crippen molar-refractivity contribution in [1.29, 1.82) is 0 Å². The van der Waals surface area contributed by atoms with Crippen molar-refractivity contribution in [3.8, 4) is 5.82 Å². The van der Waals surface area contributed by atoms with Crippen molar-refractivity contribution >= 4 is 21.7 Å². The fraction of sp³-hybridized carbons (Fsp3) is 0.273. The van der Waals surface area contributed by atoms with E-state index in [0.29, 0.717) is 11.7 Å². The zero-order valence-electron chi connectivity index (χ0n) is 9.18. The summed E-state index contributed by atoms with van der Waals surface area (Å²) in [7, 11) is 0. The highest BCUT2D eigenvalue weighted by atomic mass is 79.9. The first kappa shape index (κ1) is 11.1. The molecule has 0 spiro atoms. The van der Waals surface area contributed by atoms with Crippen LogP contribution in [-0.2, 0) is 0 Å². The van der Waals surface area contributed by atoms with Gasteiger partial charge in [-0.3, -0.25) is 0 Å². The predicted octanol–water partition coefficient (Wildman–Crippen LogP) is 2.74. The van der Waals surface area contributed by atoms with Gasteiger partial charge in [0.1, 0.15) is 5.82 Å². The minimum absolute atomic E-state index is 0.321. The third kappa shape index (κ3) is 1.82. The molecule has 0 aliphatic rings. The van der Waals surface area contributed by atoms with E-state index in [-0.39, 0.29) is 0 Å². The maximum absolute atomic E-state index is 5.99. The van der Waals surface area contributed by atoms with Crippen molar-refractivity contribution in [1.82, 2.24) is 14.8 Å². The van der Waals surface area contributed by atoms with Crippen LogP contribution in [0.1, 0.15) is 25.5 Å². The predicted molar refractivity (Wildman–Crippen MR) is 67.6 cm³/mol. The second kappa shape index (κ2) is 4.25. The van der Waals surface area contributed by atoms with Crippen LogP contribution >= 0.6 is 15.9 Å². The van der Waals surface area contributed by atoms with Crippen LogP contribution in [0.5, 0.6) is 0 Å². The number of rotatable bonds is 2. The van der Waals surface area contributed by atoms with Crippen molar-refractivity contribution in [2.45, 2.75) is 19.8 Å². The molecule has 0 fully saturated rings. The third-order valence-corrected chi connectivity index (χ3v) is 3.11. The van der Waals surface area contributed by atoms with Gasteiger partial charge in [-0.15, -0.1) is 0 Å². The molecular formula is C11H13BrN4. The molecule has 5 heteroatoms. The number of nitrogen functional groups attached to an aromatic ring is 1. The molecule has 16 heavy (non-hydrogen) atoms. The van der Waals surface area contributed by atoms with Gasteiger partial charge in [0.15, 0.2) is 5.82 Å². The maximum atomic E-state index is 5.99. The molecule has 84 valence electrons. The first-order chi connectivity index (χ1) is 7.61. The van der Waals surface area contributed by atoms with Gasteiger partial charge >= 0.3 is 0 Å². The molecule has 0 radical (unpaired) electrons. The largest absolute Gasteiger partial charge is 0.383 e. The molecule has 2 aromatic rings. The van der Waals surface area contributed by atoms with E-state index >= 15 is 0 Å². The lowest BCUT2D eigenvalue weighted by Gasteiger charge is -2.01. The Morgan fingerprint density at radius 2 is 2.12 bits per heavy atom. The van der Waals surface area contributed by atoms with Crippen LogP contribution in [0.4, 0.5) is 5.82 Å². The lowest BCUT2D eigenvalue weighted by Crippen LogP contribution is -2.03. The van der Waals surface area contributed by atoms with Gasteiger partial charge in [-0.05, 0) is 34.0 Å². The van der Waals surface area contributed by atoms with Gasteiger partial charge in [0.05, 0.1) is 10.2 Å². The summed E-state index contributed by atoms with van der Waals surface area (Å²) < 4.78 is 2.51. The average molecular weight is 281 g/mol.